The van der Waals surface area contributed by atoms with Crippen molar-refractivity contribution >= 4 is 33.7 Å². The molecule has 20 heavy (non-hydrogen) atoms. The molecule has 0 N–H and O–H groups in total. The number of benzene rings is 2. The van der Waals surface area contributed by atoms with Crippen LogP contribution in [0.1, 0.15) is 37.4 Å². The number of rotatable bonds is 4. The predicted octanol–water partition coefficient (Wildman–Crippen LogP) is 4.34. The molecule has 0 aromatic heterocycles. The molecule has 0 unspecified atom stereocenters. The molecule has 2 rings (SSSR count). The molecule has 102 valence electrons. The highest BCUT2D eigenvalue weighted by Gasteiger charge is 2.07. The summed E-state index contributed by atoms with van der Waals surface area (Å²) in [6.45, 7) is 1.86. The molecule has 0 spiro atoms. The lowest BCUT2D eigenvalue weighted by Crippen LogP contribution is -1.96. The molecule has 4 heteroatoms. The molecule has 0 bridgehead atoms. The molecular weight excluding hydrogens is 295 g/mol. The quantitative estimate of drug-likeness (QED) is 0.787. The minimum absolute atomic E-state index is 0.445. The molecular formula is C16H12Cl2O2. The Hall–Kier alpha value is -1.64. The highest BCUT2D eigenvalue weighted by atomic mass is 35.5. The van der Waals surface area contributed by atoms with Crippen LogP contribution in [0.2, 0.25) is 0 Å². The Balaban J connectivity index is 2.19. The van der Waals surface area contributed by atoms with Crippen molar-refractivity contribution in [3.63, 3.8) is 0 Å². The first-order valence-electron chi connectivity index (χ1n) is 6.05. The smallest absolute Gasteiger partial charge is 0.252 e. The number of hydrogen-bond donors (Lipinski definition) is 0. The van der Waals surface area contributed by atoms with Crippen LogP contribution < -0.4 is 0 Å². The maximum absolute atomic E-state index is 11.2. The van der Waals surface area contributed by atoms with Crippen LogP contribution in [0, 0.1) is 6.92 Å². The molecule has 0 aliphatic heterocycles. The summed E-state index contributed by atoms with van der Waals surface area (Å²) in [5.41, 5.74) is 4.01. The Morgan fingerprint density at radius 1 is 0.900 bits per heavy atom. The maximum Gasteiger partial charge on any atom is 0.252 e. The van der Waals surface area contributed by atoms with Crippen molar-refractivity contribution in [3.8, 4) is 0 Å². The number of aryl methyl sites for hydroxylation is 1. The minimum atomic E-state index is -0.461. The van der Waals surface area contributed by atoms with Crippen LogP contribution >= 0.6 is 23.2 Å². The van der Waals surface area contributed by atoms with Crippen LogP contribution in [0.25, 0.3) is 0 Å². The van der Waals surface area contributed by atoms with Gasteiger partial charge in [0.1, 0.15) is 0 Å². The fourth-order valence-electron chi connectivity index (χ4n) is 2.05. The van der Waals surface area contributed by atoms with Crippen LogP contribution in [0.3, 0.4) is 0 Å². The molecule has 2 aromatic rings. The molecule has 0 aliphatic rings. The van der Waals surface area contributed by atoms with Gasteiger partial charge in [0.05, 0.1) is 0 Å². The molecule has 0 aliphatic carbocycles. The van der Waals surface area contributed by atoms with Crippen molar-refractivity contribution in [2.75, 3.05) is 0 Å². The maximum atomic E-state index is 11.2. The predicted molar refractivity (Wildman–Crippen MR) is 80.8 cm³/mol. The Labute approximate surface area is 127 Å². The van der Waals surface area contributed by atoms with Crippen LogP contribution in [-0.2, 0) is 6.42 Å². The molecule has 2 nitrogen and oxygen atoms in total. The second kappa shape index (κ2) is 6.21. The summed E-state index contributed by atoms with van der Waals surface area (Å²) in [4.78, 5) is 22.1. The summed E-state index contributed by atoms with van der Waals surface area (Å²) in [5.74, 6) is 0. The normalized spacial score (nSPS) is 10.3. The number of carbonyl (C=O) groups is 2. The average molecular weight is 307 g/mol. The van der Waals surface area contributed by atoms with Gasteiger partial charge in [0.25, 0.3) is 10.5 Å². The van der Waals surface area contributed by atoms with Gasteiger partial charge in [-0.3, -0.25) is 9.59 Å². The SMILES string of the molecule is Cc1cc(Cc2ccc(C(=O)Cl)cc2)ccc1C(=O)Cl. The summed E-state index contributed by atoms with van der Waals surface area (Å²) >= 11 is 10.9. The van der Waals surface area contributed by atoms with Crippen molar-refractivity contribution in [1.82, 2.24) is 0 Å². The van der Waals surface area contributed by atoms with Gasteiger partial charge in [-0.15, -0.1) is 0 Å². The second-order valence-electron chi connectivity index (χ2n) is 4.57. The Bertz CT molecular complexity index is 661. The first-order chi connectivity index (χ1) is 9.47. The van der Waals surface area contributed by atoms with E-state index in [0.29, 0.717) is 17.5 Å². The Morgan fingerprint density at radius 2 is 1.50 bits per heavy atom. The van der Waals surface area contributed by atoms with Gasteiger partial charge in [0, 0.05) is 11.1 Å². The number of halogens is 2. The van der Waals surface area contributed by atoms with Crippen LogP contribution in [-0.4, -0.2) is 10.5 Å². The van der Waals surface area contributed by atoms with Crippen molar-refractivity contribution < 1.29 is 9.59 Å². The second-order valence-corrected chi connectivity index (χ2v) is 5.26. The highest BCUT2D eigenvalue weighted by molar-refractivity contribution is 6.68. The lowest BCUT2D eigenvalue weighted by molar-refractivity contribution is 0.107. The largest absolute Gasteiger partial charge is 0.276 e. The van der Waals surface area contributed by atoms with Gasteiger partial charge in [0.15, 0.2) is 0 Å². The van der Waals surface area contributed by atoms with Crippen LogP contribution in [0.5, 0.6) is 0 Å². The fourth-order valence-corrected chi connectivity index (χ4v) is 2.38. The zero-order valence-corrected chi connectivity index (χ0v) is 12.3. The Morgan fingerprint density at radius 3 is 2.00 bits per heavy atom. The lowest BCUT2D eigenvalue weighted by atomic mass is 10.00. The third kappa shape index (κ3) is 3.47. The van der Waals surface area contributed by atoms with Gasteiger partial charge >= 0.3 is 0 Å². The zero-order valence-electron chi connectivity index (χ0n) is 10.8. The van der Waals surface area contributed by atoms with Gasteiger partial charge < -0.3 is 0 Å². The molecule has 0 radical (unpaired) electrons. The lowest BCUT2D eigenvalue weighted by Gasteiger charge is -2.06. The standard InChI is InChI=1S/C16H12Cl2O2/c1-10-8-12(4-7-14(10)16(18)20)9-11-2-5-13(6-3-11)15(17)19/h2-8H,9H2,1H3. The minimum Gasteiger partial charge on any atom is -0.276 e. The van der Waals surface area contributed by atoms with Gasteiger partial charge in [-0.2, -0.15) is 0 Å². The van der Waals surface area contributed by atoms with E-state index in [1.807, 2.05) is 31.2 Å². The van der Waals surface area contributed by atoms with Gasteiger partial charge in [0.2, 0.25) is 0 Å². The molecule has 0 heterocycles. The van der Waals surface area contributed by atoms with E-state index in [1.165, 1.54) is 0 Å². The molecule has 0 saturated heterocycles. The highest BCUT2D eigenvalue weighted by Crippen LogP contribution is 2.17. The van der Waals surface area contributed by atoms with E-state index >= 15 is 0 Å². The Kier molecular flexibility index (Phi) is 4.58. The van der Waals surface area contributed by atoms with Crippen molar-refractivity contribution in [2.45, 2.75) is 13.3 Å². The van der Waals surface area contributed by atoms with Crippen LogP contribution in [0.15, 0.2) is 42.5 Å². The van der Waals surface area contributed by atoms with Gasteiger partial charge in [-0.05, 0) is 71.4 Å². The monoisotopic (exact) mass is 306 g/mol. The topological polar surface area (TPSA) is 34.1 Å². The summed E-state index contributed by atoms with van der Waals surface area (Å²) in [6.07, 6.45) is 0.717. The van der Waals surface area contributed by atoms with E-state index in [-0.39, 0.29) is 0 Å². The number of carbonyl (C=O) groups excluding carboxylic acids is 2. The summed E-state index contributed by atoms with van der Waals surface area (Å²) in [5, 5.41) is -0.906. The van der Waals surface area contributed by atoms with E-state index < -0.39 is 10.5 Å². The first-order valence-corrected chi connectivity index (χ1v) is 6.81. The molecule has 0 saturated carbocycles. The van der Waals surface area contributed by atoms with Crippen molar-refractivity contribution in [2.24, 2.45) is 0 Å². The summed E-state index contributed by atoms with van der Waals surface area (Å²) in [6, 6.07) is 12.7. The zero-order chi connectivity index (χ0) is 14.7. The molecule has 0 fully saturated rings. The van der Waals surface area contributed by atoms with Gasteiger partial charge in [-0.25, -0.2) is 0 Å². The summed E-state index contributed by atoms with van der Waals surface area (Å²) < 4.78 is 0. The third-order valence-corrected chi connectivity index (χ3v) is 3.51. The summed E-state index contributed by atoms with van der Waals surface area (Å²) in [7, 11) is 0. The van der Waals surface area contributed by atoms with E-state index in [9.17, 15) is 9.59 Å². The van der Waals surface area contributed by atoms with E-state index in [2.05, 4.69) is 0 Å². The number of hydrogen-bond acceptors (Lipinski definition) is 2. The van der Waals surface area contributed by atoms with Gasteiger partial charge in [-0.1, -0.05) is 24.3 Å². The van der Waals surface area contributed by atoms with E-state index in [4.69, 9.17) is 23.2 Å². The third-order valence-electron chi connectivity index (χ3n) is 3.09. The van der Waals surface area contributed by atoms with E-state index in [0.717, 1.165) is 16.7 Å². The first kappa shape index (κ1) is 14.8. The molecule has 2 aromatic carbocycles. The molecule has 0 amide bonds. The van der Waals surface area contributed by atoms with E-state index in [1.54, 1.807) is 18.2 Å². The molecule has 0 atom stereocenters. The average Bonchev–Trinajstić information content (AvgIpc) is 2.39. The van der Waals surface area contributed by atoms with Crippen molar-refractivity contribution in [1.29, 1.82) is 0 Å². The van der Waals surface area contributed by atoms with Crippen molar-refractivity contribution in [3.05, 3.63) is 70.3 Å². The van der Waals surface area contributed by atoms with Crippen LogP contribution in [0.4, 0.5) is 0 Å². The fraction of sp³-hybridized carbons (Fsp3) is 0.125.